The van der Waals surface area contributed by atoms with Gasteiger partial charge < -0.3 is 5.73 Å². The van der Waals surface area contributed by atoms with Gasteiger partial charge in [-0.05, 0) is 0 Å². The molecule has 0 saturated heterocycles. The lowest BCUT2D eigenvalue weighted by Gasteiger charge is -1.76. The lowest BCUT2D eigenvalue weighted by Crippen LogP contribution is -2.13. The molecule has 1 rings (SSSR count). The fourth-order valence-electron chi connectivity index (χ4n) is 0.586. The Kier molecular flexibility index (Phi) is 1.28. The molecule has 1 amide bonds. The van der Waals surface area contributed by atoms with Gasteiger partial charge in [-0.25, -0.2) is 0 Å². The summed E-state index contributed by atoms with van der Waals surface area (Å²) in [4.78, 5) is 10.4. The molecule has 1 aliphatic rings. The number of carbonyl (C=O) groups excluding carboxylic acids is 1. The lowest BCUT2D eigenvalue weighted by molar-refractivity contribution is -0.118. The molecule has 0 spiro atoms. The summed E-state index contributed by atoms with van der Waals surface area (Å²) in [6.45, 7) is 0. The first-order valence-corrected chi connectivity index (χ1v) is 3.44. The Hall–Kier alpha value is -0.840. The highest BCUT2D eigenvalue weighted by atomic mass is 32.2. The summed E-state index contributed by atoms with van der Waals surface area (Å²) >= 11 is 0. The normalized spacial score (nSPS) is 23.6. The molecule has 1 atom stereocenters. The zero-order valence-electron chi connectivity index (χ0n) is 4.49. The van der Waals surface area contributed by atoms with Crippen molar-refractivity contribution in [2.45, 2.75) is 6.42 Å². The fraction of sp³-hybridized carbons (Fsp3) is 0.500. The molecule has 5 heteroatoms. The summed E-state index contributed by atoms with van der Waals surface area (Å²) in [5.74, 6) is -1.04. The second-order valence-electron chi connectivity index (χ2n) is 1.86. The van der Waals surface area contributed by atoms with E-state index in [-0.39, 0.29) is 4.86 Å². The van der Waals surface area contributed by atoms with E-state index < -0.39 is 22.1 Å². The van der Waals surface area contributed by atoms with Gasteiger partial charge >= 0.3 is 0 Å². The third kappa shape index (κ3) is 1.10. The van der Waals surface area contributed by atoms with E-state index >= 15 is 0 Å². The van der Waals surface area contributed by atoms with E-state index in [0.29, 0.717) is 6.42 Å². The van der Waals surface area contributed by atoms with Crippen LogP contribution in [0.15, 0.2) is 0 Å². The minimum absolute atomic E-state index is 0.238. The van der Waals surface area contributed by atoms with Gasteiger partial charge in [0, 0.05) is 6.42 Å². The third-order valence-corrected chi connectivity index (χ3v) is 2.07. The van der Waals surface area contributed by atoms with Crippen LogP contribution in [0, 0.1) is 5.92 Å². The van der Waals surface area contributed by atoms with Crippen LogP contribution in [-0.2, 0) is 15.1 Å². The van der Waals surface area contributed by atoms with E-state index in [2.05, 4.69) is 0 Å². The van der Waals surface area contributed by atoms with Gasteiger partial charge in [0.1, 0.15) is 0 Å². The van der Waals surface area contributed by atoms with Crippen molar-refractivity contribution in [2.24, 2.45) is 11.7 Å². The standard InChI is InChI=1S/C4H5NO3S/c5-4(6)2-1-3(2)9(7)8/h2H,1H2,(H2,5,6). The number of hydrogen-bond donors (Lipinski definition) is 1. The van der Waals surface area contributed by atoms with Crippen molar-refractivity contribution in [3.8, 4) is 0 Å². The van der Waals surface area contributed by atoms with Crippen LogP contribution in [0.1, 0.15) is 6.42 Å². The van der Waals surface area contributed by atoms with Crippen LogP contribution in [0.3, 0.4) is 0 Å². The summed E-state index contributed by atoms with van der Waals surface area (Å²) in [5.41, 5.74) is 4.79. The number of primary amides is 1. The first kappa shape index (κ1) is 6.28. The fourth-order valence-corrected chi connectivity index (χ4v) is 1.24. The molecular weight excluding hydrogens is 142 g/mol. The molecule has 0 aromatic rings. The SMILES string of the molecule is NC(=O)C1CC1=S(=O)=O. The second-order valence-corrected chi connectivity index (χ2v) is 2.85. The molecule has 4 nitrogen and oxygen atoms in total. The largest absolute Gasteiger partial charge is 0.369 e. The minimum atomic E-state index is -2.19. The molecule has 1 unspecified atom stereocenters. The van der Waals surface area contributed by atoms with Crippen LogP contribution >= 0.6 is 0 Å². The molecule has 2 N–H and O–H groups in total. The zero-order chi connectivity index (χ0) is 7.02. The Labute approximate surface area is 53.2 Å². The van der Waals surface area contributed by atoms with Crippen LogP contribution < -0.4 is 5.73 Å². The Morgan fingerprint density at radius 1 is 1.67 bits per heavy atom. The quantitative estimate of drug-likeness (QED) is 0.460. The smallest absolute Gasteiger partial charge is 0.226 e. The van der Waals surface area contributed by atoms with Crippen molar-refractivity contribution < 1.29 is 13.2 Å². The highest BCUT2D eigenvalue weighted by molar-refractivity contribution is 7.73. The monoisotopic (exact) mass is 147 g/mol. The van der Waals surface area contributed by atoms with Gasteiger partial charge in [-0.1, -0.05) is 0 Å². The molecule has 0 aromatic carbocycles. The number of nitrogens with two attached hydrogens (primary N) is 1. The van der Waals surface area contributed by atoms with Gasteiger partial charge in [-0.2, -0.15) is 8.42 Å². The van der Waals surface area contributed by atoms with Crippen molar-refractivity contribution in [1.29, 1.82) is 0 Å². The van der Waals surface area contributed by atoms with Crippen LogP contribution in [0.2, 0.25) is 0 Å². The van der Waals surface area contributed by atoms with Gasteiger partial charge in [0.15, 0.2) is 0 Å². The van der Waals surface area contributed by atoms with Gasteiger partial charge in [0.2, 0.25) is 16.2 Å². The minimum Gasteiger partial charge on any atom is -0.369 e. The van der Waals surface area contributed by atoms with Crippen molar-refractivity contribution in [3.05, 3.63) is 0 Å². The molecule has 0 bridgehead atoms. The highest BCUT2D eigenvalue weighted by Gasteiger charge is 2.38. The molecular formula is C4H5NO3S. The first-order chi connectivity index (χ1) is 4.13. The number of hydrogen-bond acceptors (Lipinski definition) is 3. The van der Waals surface area contributed by atoms with Crippen LogP contribution in [0.25, 0.3) is 0 Å². The summed E-state index contributed by atoms with van der Waals surface area (Å²) in [6.07, 6.45) is 0.325. The topological polar surface area (TPSA) is 77.2 Å². The molecule has 0 radical (unpaired) electrons. The maximum Gasteiger partial charge on any atom is 0.226 e. The predicted octanol–water partition coefficient (Wildman–Crippen LogP) is -1.46. The van der Waals surface area contributed by atoms with E-state index in [9.17, 15) is 13.2 Å². The molecule has 1 saturated carbocycles. The molecule has 0 heterocycles. The first-order valence-electron chi connectivity index (χ1n) is 2.37. The van der Waals surface area contributed by atoms with Crippen LogP contribution in [-0.4, -0.2) is 19.2 Å². The Bertz CT molecular complexity index is 268. The van der Waals surface area contributed by atoms with E-state index in [0.717, 1.165) is 0 Å². The van der Waals surface area contributed by atoms with Crippen LogP contribution in [0.5, 0.6) is 0 Å². The highest BCUT2D eigenvalue weighted by Crippen LogP contribution is 2.23. The maximum absolute atomic E-state index is 10.2. The molecule has 1 fully saturated rings. The van der Waals surface area contributed by atoms with E-state index in [1.807, 2.05) is 0 Å². The van der Waals surface area contributed by atoms with Gasteiger partial charge in [-0.15, -0.1) is 0 Å². The second kappa shape index (κ2) is 1.84. The average molecular weight is 147 g/mol. The van der Waals surface area contributed by atoms with Crippen molar-refractivity contribution >= 4 is 21.1 Å². The Morgan fingerprint density at radius 2 is 2.22 bits per heavy atom. The molecule has 1 aliphatic carbocycles. The number of amides is 1. The molecule has 9 heavy (non-hydrogen) atoms. The summed E-state index contributed by atoms with van der Waals surface area (Å²) in [6, 6.07) is 0. The summed E-state index contributed by atoms with van der Waals surface area (Å²) in [7, 11) is -2.19. The summed E-state index contributed by atoms with van der Waals surface area (Å²) in [5, 5.41) is 0. The van der Waals surface area contributed by atoms with Crippen molar-refractivity contribution in [2.75, 3.05) is 0 Å². The van der Waals surface area contributed by atoms with Gasteiger partial charge in [-0.3, -0.25) is 4.79 Å². The van der Waals surface area contributed by atoms with E-state index in [1.54, 1.807) is 0 Å². The summed E-state index contributed by atoms with van der Waals surface area (Å²) < 4.78 is 20.1. The van der Waals surface area contributed by atoms with Crippen LogP contribution in [0.4, 0.5) is 0 Å². The van der Waals surface area contributed by atoms with E-state index in [4.69, 9.17) is 5.73 Å². The zero-order valence-corrected chi connectivity index (χ0v) is 5.31. The van der Waals surface area contributed by atoms with Gasteiger partial charge in [0.05, 0.1) is 10.8 Å². The Balaban J connectivity index is 2.85. The van der Waals surface area contributed by atoms with Crippen molar-refractivity contribution in [1.82, 2.24) is 0 Å². The average Bonchev–Trinajstić information content (AvgIpc) is 2.39. The third-order valence-electron chi connectivity index (χ3n) is 1.19. The van der Waals surface area contributed by atoms with Gasteiger partial charge in [0.25, 0.3) is 0 Å². The van der Waals surface area contributed by atoms with Crippen molar-refractivity contribution in [3.63, 3.8) is 0 Å². The number of carbonyl (C=O) groups is 1. The van der Waals surface area contributed by atoms with E-state index in [1.165, 1.54) is 0 Å². The lowest BCUT2D eigenvalue weighted by atomic mass is 10.4. The number of rotatable bonds is 1. The predicted molar refractivity (Wildman–Crippen MR) is 31.2 cm³/mol. The molecule has 0 aliphatic heterocycles. The Morgan fingerprint density at radius 3 is 2.33 bits per heavy atom. The molecule has 0 aromatic heterocycles. The molecule has 50 valence electrons. The maximum atomic E-state index is 10.2.